The van der Waals surface area contributed by atoms with Crippen LogP contribution in [-0.2, 0) is 9.84 Å². The van der Waals surface area contributed by atoms with Crippen molar-refractivity contribution < 1.29 is 8.42 Å². The van der Waals surface area contributed by atoms with Crippen LogP contribution in [0.1, 0.15) is 11.1 Å². The maximum Gasteiger partial charge on any atom is 0.229 e. The first-order chi connectivity index (χ1) is 17.8. The molecule has 5 aromatic rings. The topological polar surface area (TPSA) is 83.7 Å². The van der Waals surface area contributed by atoms with Crippen molar-refractivity contribution in [2.75, 3.05) is 36.0 Å². The Bertz CT molecular complexity index is 1740. The molecule has 1 aliphatic rings. The normalized spacial score (nSPS) is 14.6. The number of aryl methyl sites for hydroxylation is 2. The van der Waals surface area contributed by atoms with Crippen molar-refractivity contribution in [1.29, 1.82) is 0 Å². The van der Waals surface area contributed by atoms with E-state index in [1.165, 1.54) is 10.1 Å². The predicted octanol–water partition coefficient (Wildman–Crippen LogP) is 4.71. The molecule has 6 rings (SSSR count). The molecule has 1 aliphatic heterocycles. The Hall–Kier alpha value is -3.69. The first-order valence-electron chi connectivity index (χ1n) is 12.0. The molecule has 0 N–H and O–H groups in total. The van der Waals surface area contributed by atoms with Crippen molar-refractivity contribution in [3.8, 4) is 0 Å². The van der Waals surface area contributed by atoms with Gasteiger partial charge in [-0.3, -0.25) is 0 Å². The fraction of sp³-hybridized carbons (Fsp3) is 0.222. The summed E-state index contributed by atoms with van der Waals surface area (Å²) in [5, 5.41) is 9.76. The van der Waals surface area contributed by atoms with Gasteiger partial charge in [0.25, 0.3) is 0 Å². The number of piperazine rings is 1. The number of benzene rings is 3. The van der Waals surface area contributed by atoms with Crippen molar-refractivity contribution in [1.82, 2.24) is 19.8 Å². The molecule has 3 aromatic carbocycles. The van der Waals surface area contributed by atoms with Gasteiger partial charge < -0.3 is 9.80 Å². The van der Waals surface area contributed by atoms with Crippen LogP contribution in [-0.4, -0.2) is 54.4 Å². The third-order valence-electron chi connectivity index (χ3n) is 6.88. The fourth-order valence-electron chi connectivity index (χ4n) is 4.85. The molecule has 10 heteroatoms. The Morgan fingerprint density at radius 1 is 0.865 bits per heavy atom. The highest BCUT2D eigenvalue weighted by molar-refractivity contribution is 7.91. The second kappa shape index (κ2) is 9.00. The van der Waals surface area contributed by atoms with Gasteiger partial charge in [-0.1, -0.05) is 52.7 Å². The van der Waals surface area contributed by atoms with Crippen molar-refractivity contribution in [2.45, 2.75) is 23.8 Å². The predicted molar refractivity (Wildman–Crippen MR) is 146 cm³/mol. The first-order valence-corrected chi connectivity index (χ1v) is 13.9. The molecule has 0 radical (unpaired) electrons. The van der Waals surface area contributed by atoms with Gasteiger partial charge in [0.2, 0.25) is 14.9 Å². The van der Waals surface area contributed by atoms with E-state index >= 15 is 0 Å². The number of para-hydroxylation sites is 1. The molecule has 1 saturated heterocycles. The maximum atomic E-state index is 13.5. The van der Waals surface area contributed by atoms with Crippen LogP contribution in [0, 0.1) is 13.8 Å². The van der Waals surface area contributed by atoms with Crippen LogP contribution < -0.4 is 9.80 Å². The van der Waals surface area contributed by atoms with Crippen LogP contribution in [0.3, 0.4) is 0 Å². The van der Waals surface area contributed by atoms with E-state index in [1.54, 1.807) is 24.3 Å². The third-order valence-corrected chi connectivity index (χ3v) is 8.78. The highest BCUT2D eigenvalue weighted by Crippen LogP contribution is 2.32. The molecule has 0 unspecified atom stereocenters. The van der Waals surface area contributed by atoms with Crippen LogP contribution >= 0.6 is 11.6 Å². The Balaban J connectivity index is 1.42. The zero-order valence-corrected chi connectivity index (χ0v) is 22.0. The summed E-state index contributed by atoms with van der Waals surface area (Å²) in [4.78, 5) is 9.57. The lowest BCUT2D eigenvalue weighted by molar-refractivity contribution is 0.592. The Labute approximate surface area is 220 Å². The monoisotopic (exact) mass is 532 g/mol. The average molecular weight is 533 g/mol. The molecule has 37 heavy (non-hydrogen) atoms. The third kappa shape index (κ3) is 4.08. The SMILES string of the molecule is Cc1ccc(S(=O)(=O)c2nnn3c2nc(N2CCN(c4cc(Cl)ccc4C)CC2)c2ccccc23)cc1. The van der Waals surface area contributed by atoms with Gasteiger partial charge in [-0.2, -0.15) is 4.52 Å². The molecule has 188 valence electrons. The summed E-state index contributed by atoms with van der Waals surface area (Å²) in [5.41, 5.74) is 4.27. The van der Waals surface area contributed by atoms with E-state index in [9.17, 15) is 8.42 Å². The molecule has 8 nitrogen and oxygen atoms in total. The lowest BCUT2D eigenvalue weighted by Gasteiger charge is -2.37. The minimum atomic E-state index is -3.90. The molecular formula is C27H25ClN6O2S. The quantitative estimate of drug-likeness (QED) is 0.331. The van der Waals surface area contributed by atoms with E-state index in [-0.39, 0.29) is 15.6 Å². The van der Waals surface area contributed by atoms with Gasteiger partial charge in [0.05, 0.1) is 10.4 Å². The summed E-state index contributed by atoms with van der Waals surface area (Å²) < 4.78 is 28.6. The summed E-state index contributed by atoms with van der Waals surface area (Å²) in [5.74, 6) is 0.730. The van der Waals surface area contributed by atoms with Crippen LogP contribution in [0.5, 0.6) is 0 Å². The summed E-state index contributed by atoms with van der Waals surface area (Å²) in [6, 6.07) is 20.4. The van der Waals surface area contributed by atoms with Gasteiger partial charge in [-0.05, 0) is 55.8 Å². The molecule has 0 bridgehead atoms. The summed E-state index contributed by atoms with van der Waals surface area (Å²) in [7, 11) is -3.90. The number of fused-ring (bicyclic) bond motifs is 3. The zero-order chi connectivity index (χ0) is 25.7. The maximum absolute atomic E-state index is 13.5. The minimum Gasteiger partial charge on any atom is -0.368 e. The number of rotatable bonds is 4. The highest BCUT2D eigenvalue weighted by atomic mass is 35.5. The van der Waals surface area contributed by atoms with E-state index in [2.05, 4.69) is 27.0 Å². The molecule has 1 fully saturated rings. The summed E-state index contributed by atoms with van der Waals surface area (Å²) in [6.45, 7) is 7.02. The Kier molecular flexibility index (Phi) is 5.77. The number of anilines is 2. The van der Waals surface area contributed by atoms with E-state index in [4.69, 9.17) is 16.6 Å². The molecule has 2 aromatic heterocycles. The van der Waals surface area contributed by atoms with E-state index in [1.807, 2.05) is 49.4 Å². The first kappa shape index (κ1) is 23.7. The van der Waals surface area contributed by atoms with Crippen LogP contribution in [0.15, 0.2) is 76.7 Å². The number of halogens is 1. The molecule has 0 spiro atoms. The van der Waals surface area contributed by atoms with Crippen molar-refractivity contribution >= 4 is 49.5 Å². The largest absolute Gasteiger partial charge is 0.368 e. The van der Waals surface area contributed by atoms with Crippen molar-refractivity contribution in [2.24, 2.45) is 0 Å². The van der Waals surface area contributed by atoms with Gasteiger partial charge in [0, 0.05) is 42.3 Å². The van der Waals surface area contributed by atoms with Gasteiger partial charge in [0.15, 0.2) is 5.65 Å². The second-order valence-corrected chi connectivity index (χ2v) is 11.6. The lowest BCUT2D eigenvalue weighted by Crippen LogP contribution is -2.47. The van der Waals surface area contributed by atoms with E-state index in [0.29, 0.717) is 0 Å². The number of sulfone groups is 1. The number of hydrogen-bond acceptors (Lipinski definition) is 7. The number of aromatic nitrogens is 4. The van der Waals surface area contributed by atoms with Crippen LogP contribution in [0.25, 0.3) is 16.6 Å². The lowest BCUT2D eigenvalue weighted by atomic mass is 10.1. The molecule has 0 aliphatic carbocycles. The summed E-state index contributed by atoms with van der Waals surface area (Å²) in [6.07, 6.45) is 0. The molecule has 0 amide bonds. The summed E-state index contributed by atoms with van der Waals surface area (Å²) >= 11 is 6.26. The van der Waals surface area contributed by atoms with Gasteiger partial charge in [0.1, 0.15) is 5.82 Å². The second-order valence-electron chi connectivity index (χ2n) is 9.30. The fourth-order valence-corrected chi connectivity index (χ4v) is 6.26. The van der Waals surface area contributed by atoms with Crippen LogP contribution in [0.4, 0.5) is 11.5 Å². The molecule has 0 saturated carbocycles. The minimum absolute atomic E-state index is 0.142. The van der Waals surface area contributed by atoms with E-state index in [0.717, 1.165) is 59.2 Å². The van der Waals surface area contributed by atoms with Gasteiger partial charge in [-0.25, -0.2) is 13.4 Å². The van der Waals surface area contributed by atoms with Crippen molar-refractivity contribution in [3.63, 3.8) is 0 Å². The average Bonchev–Trinajstić information content (AvgIpc) is 3.35. The van der Waals surface area contributed by atoms with Crippen LogP contribution in [0.2, 0.25) is 5.02 Å². The van der Waals surface area contributed by atoms with E-state index < -0.39 is 9.84 Å². The highest BCUT2D eigenvalue weighted by Gasteiger charge is 2.29. The Morgan fingerprint density at radius 3 is 2.32 bits per heavy atom. The number of nitrogens with zero attached hydrogens (tertiary/aromatic N) is 6. The number of hydrogen-bond donors (Lipinski definition) is 0. The van der Waals surface area contributed by atoms with Crippen molar-refractivity contribution in [3.05, 3.63) is 82.9 Å². The molecule has 3 heterocycles. The standard InChI is InChI=1S/C27H25ClN6O2S/c1-18-7-11-21(12-8-18)37(35,36)27-26-29-25(22-5-3-4-6-23(22)34(26)31-30-27)33-15-13-32(14-16-33)24-17-20(28)10-9-19(24)2/h3-12,17H,13-16H2,1-2H3. The Morgan fingerprint density at radius 2 is 1.57 bits per heavy atom. The van der Waals surface area contributed by atoms with Gasteiger partial charge >= 0.3 is 0 Å². The smallest absolute Gasteiger partial charge is 0.229 e. The molecular weight excluding hydrogens is 508 g/mol. The van der Waals surface area contributed by atoms with Gasteiger partial charge in [-0.15, -0.1) is 5.10 Å². The molecule has 0 atom stereocenters. The zero-order valence-electron chi connectivity index (χ0n) is 20.5.